The van der Waals surface area contributed by atoms with Crippen LogP contribution in [0, 0.1) is 12.7 Å². The number of hydrogen-bond donors (Lipinski definition) is 1. The van der Waals surface area contributed by atoms with Gasteiger partial charge < -0.3 is 10.1 Å². The number of carbonyl (C=O) groups is 1. The van der Waals surface area contributed by atoms with Gasteiger partial charge >= 0.3 is 0 Å². The lowest BCUT2D eigenvalue weighted by atomic mass is 10.1. The molecule has 1 aliphatic rings. The average Bonchev–Trinajstić information content (AvgIpc) is 2.79. The van der Waals surface area contributed by atoms with Crippen LogP contribution in [0.25, 0.3) is 11.3 Å². The third-order valence-corrected chi connectivity index (χ3v) is 5.58. The van der Waals surface area contributed by atoms with Gasteiger partial charge in [0, 0.05) is 37.9 Å². The van der Waals surface area contributed by atoms with E-state index < -0.39 is 0 Å². The molecule has 1 N–H and O–H groups in total. The zero-order valence-electron chi connectivity index (χ0n) is 18.3. The van der Waals surface area contributed by atoms with Crippen LogP contribution in [0.4, 0.5) is 4.39 Å². The molecule has 1 fully saturated rings. The van der Waals surface area contributed by atoms with Gasteiger partial charge in [-0.05, 0) is 41.8 Å². The van der Waals surface area contributed by atoms with Gasteiger partial charge in [-0.15, -0.1) is 0 Å². The molecule has 0 radical (unpaired) electrons. The summed E-state index contributed by atoms with van der Waals surface area (Å²) in [5.41, 5.74) is 4.99. The first kappa shape index (κ1) is 22.1. The average molecular weight is 434 g/mol. The Morgan fingerprint density at radius 2 is 1.88 bits per heavy atom. The first-order valence-electron chi connectivity index (χ1n) is 10.9. The van der Waals surface area contributed by atoms with Crippen LogP contribution in [0.3, 0.4) is 0 Å². The van der Waals surface area contributed by atoms with Gasteiger partial charge in [0.2, 0.25) is 5.91 Å². The zero-order valence-corrected chi connectivity index (χ0v) is 18.3. The van der Waals surface area contributed by atoms with Gasteiger partial charge in [0.1, 0.15) is 5.82 Å². The maximum atomic E-state index is 14.7. The molecule has 4 rings (SSSR count). The molecule has 1 aliphatic heterocycles. The fourth-order valence-electron chi connectivity index (χ4n) is 3.84. The lowest BCUT2D eigenvalue weighted by Gasteiger charge is -2.26. The highest BCUT2D eigenvalue weighted by molar-refractivity contribution is 5.78. The fraction of sp³-hybridized carbons (Fsp3) is 0.308. The summed E-state index contributed by atoms with van der Waals surface area (Å²) in [6.07, 6.45) is 1.88. The SMILES string of the molecule is Cc1cccc(CNC(=O)Cc2ccc(-c3ccc(CN4CCOCC4)cc3F)nc2)c1. The number of amides is 1. The lowest BCUT2D eigenvalue weighted by molar-refractivity contribution is -0.120. The van der Waals surface area contributed by atoms with Crippen molar-refractivity contribution < 1.29 is 13.9 Å². The van der Waals surface area contributed by atoms with Crippen LogP contribution in [0.15, 0.2) is 60.8 Å². The van der Waals surface area contributed by atoms with Gasteiger partial charge in [-0.25, -0.2) is 4.39 Å². The van der Waals surface area contributed by atoms with E-state index in [0.29, 0.717) is 24.3 Å². The number of halogens is 1. The number of benzene rings is 2. The van der Waals surface area contributed by atoms with Crippen LogP contribution < -0.4 is 5.32 Å². The summed E-state index contributed by atoms with van der Waals surface area (Å²) >= 11 is 0. The summed E-state index contributed by atoms with van der Waals surface area (Å²) in [6.45, 7) is 6.41. The number of ether oxygens (including phenoxy) is 1. The first-order valence-corrected chi connectivity index (χ1v) is 10.9. The molecule has 2 heterocycles. The Balaban J connectivity index is 1.34. The topological polar surface area (TPSA) is 54.5 Å². The van der Waals surface area contributed by atoms with E-state index in [0.717, 1.165) is 48.6 Å². The molecule has 1 saturated heterocycles. The summed E-state index contributed by atoms with van der Waals surface area (Å²) in [6, 6.07) is 17.0. The standard InChI is InChI=1S/C26H28FN3O2/c1-19-3-2-4-20(13-19)17-29-26(31)15-21-6-8-25(28-16-21)23-7-5-22(14-24(23)27)18-30-9-11-32-12-10-30/h2-8,13-14,16H,9-12,15,17-18H2,1H3,(H,29,31). The Morgan fingerprint density at radius 3 is 2.59 bits per heavy atom. The second-order valence-corrected chi connectivity index (χ2v) is 8.20. The summed E-state index contributed by atoms with van der Waals surface area (Å²) < 4.78 is 20.1. The largest absolute Gasteiger partial charge is 0.379 e. The van der Waals surface area contributed by atoms with Gasteiger partial charge in [-0.3, -0.25) is 14.7 Å². The highest BCUT2D eigenvalue weighted by Gasteiger charge is 2.13. The van der Waals surface area contributed by atoms with Crippen molar-refractivity contribution in [3.8, 4) is 11.3 Å². The van der Waals surface area contributed by atoms with Crippen LogP contribution in [0.5, 0.6) is 0 Å². The maximum Gasteiger partial charge on any atom is 0.224 e. The van der Waals surface area contributed by atoms with Crippen molar-refractivity contribution in [3.63, 3.8) is 0 Å². The number of pyridine rings is 1. The highest BCUT2D eigenvalue weighted by atomic mass is 19.1. The second kappa shape index (κ2) is 10.5. The van der Waals surface area contributed by atoms with Gasteiger partial charge in [-0.2, -0.15) is 0 Å². The fourth-order valence-corrected chi connectivity index (χ4v) is 3.84. The Morgan fingerprint density at radius 1 is 1.06 bits per heavy atom. The zero-order chi connectivity index (χ0) is 22.3. The number of nitrogens with zero attached hydrogens (tertiary/aromatic N) is 2. The molecule has 0 unspecified atom stereocenters. The minimum atomic E-state index is -0.285. The molecule has 3 aromatic rings. The van der Waals surface area contributed by atoms with E-state index in [1.54, 1.807) is 24.4 Å². The van der Waals surface area contributed by atoms with E-state index in [4.69, 9.17) is 4.74 Å². The van der Waals surface area contributed by atoms with E-state index in [2.05, 4.69) is 21.3 Å². The Hall–Kier alpha value is -3.09. The molecule has 1 amide bonds. The number of aryl methyl sites for hydroxylation is 1. The van der Waals surface area contributed by atoms with Gasteiger partial charge in [0.25, 0.3) is 0 Å². The summed E-state index contributed by atoms with van der Waals surface area (Å²) in [5.74, 6) is -0.355. The number of nitrogens with one attached hydrogen (secondary N) is 1. The van der Waals surface area contributed by atoms with Crippen LogP contribution >= 0.6 is 0 Å². The number of rotatable bonds is 7. The minimum absolute atomic E-state index is 0.0697. The molecular weight excluding hydrogens is 405 g/mol. The monoisotopic (exact) mass is 433 g/mol. The molecule has 0 bridgehead atoms. The van der Waals surface area contributed by atoms with Crippen molar-refractivity contribution in [3.05, 3.63) is 88.9 Å². The highest BCUT2D eigenvalue weighted by Crippen LogP contribution is 2.23. The van der Waals surface area contributed by atoms with Crippen molar-refractivity contribution in [1.82, 2.24) is 15.2 Å². The van der Waals surface area contributed by atoms with Crippen molar-refractivity contribution in [2.75, 3.05) is 26.3 Å². The predicted molar refractivity (Wildman–Crippen MR) is 122 cm³/mol. The van der Waals surface area contributed by atoms with E-state index >= 15 is 0 Å². The van der Waals surface area contributed by atoms with Crippen LogP contribution in [-0.2, 0) is 29.0 Å². The summed E-state index contributed by atoms with van der Waals surface area (Å²) in [7, 11) is 0. The summed E-state index contributed by atoms with van der Waals surface area (Å²) in [5, 5.41) is 2.93. The van der Waals surface area contributed by atoms with Crippen LogP contribution in [0.1, 0.15) is 22.3 Å². The van der Waals surface area contributed by atoms with Crippen LogP contribution in [0.2, 0.25) is 0 Å². The quantitative estimate of drug-likeness (QED) is 0.614. The van der Waals surface area contributed by atoms with Crippen LogP contribution in [-0.4, -0.2) is 42.1 Å². The molecule has 2 aromatic carbocycles. The second-order valence-electron chi connectivity index (χ2n) is 8.20. The van der Waals surface area contributed by atoms with Gasteiger partial charge in [0.15, 0.2) is 0 Å². The molecule has 166 valence electrons. The molecule has 32 heavy (non-hydrogen) atoms. The maximum absolute atomic E-state index is 14.7. The van der Waals surface area contributed by atoms with Crippen molar-refractivity contribution in [1.29, 1.82) is 0 Å². The Bertz CT molecular complexity index is 1060. The van der Waals surface area contributed by atoms with E-state index in [1.807, 2.05) is 37.3 Å². The molecule has 0 saturated carbocycles. The lowest BCUT2D eigenvalue weighted by Crippen LogP contribution is -2.35. The molecule has 0 atom stereocenters. The van der Waals surface area contributed by atoms with Gasteiger partial charge in [-0.1, -0.05) is 42.0 Å². The molecule has 6 heteroatoms. The Kier molecular flexibility index (Phi) is 7.24. The number of carbonyl (C=O) groups excluding carboxylic acids is 1. The summed E-state index contributed by atoms with van der Waals surface area (Å²) in [4.78, 5) is 18.9. The normalized spacial score (nSPS) is 14.3. The molecule has 1 aromatic heterocycles. The van der Waals surface area contributed by atoms with E-state index in [1.165, 1.54) is 0 Å². The number of morpholine rings is 1. The van der Waals surface area contributed by atoms with Crippen molar-refractivity contribution in [2.45, 2.75) is 26.4 Å². The van der Waals surface area contributed by atoms with E-state index in [9.17, 15) is 9.18 Å². The number of hydrogen-bond acceptors (Lipinski definition) is 4. The first-order chi connectivity index (χ1) is 15.6. The molecule has 5 nitrogen and oxygen atoms in total. The van der Waals surface area contributed by atoms with E-state index in [-0.39, 0.29) is 18.1 Å². The minimum Gasteiger partial charge on any atom is -0.379 e. The smallest absolute Gasteiger partial charge is 0.224 e. The molecule has 0 spiro atoms. The van der Waals surface area contributed by atoms with Crippen molar-refractivity contribution >= 4 is 5.91 Å². The number of aromatic nitrogens is 1. The molecular formula is C26H28FN3O2. The third-order valence-electron chi connectivity index (χ3n) is 5.58. The Labute approximate surface area is 188 Å². The van der Waals surface area contributed by atoms with Gasteiger partial charge in [0.05, 0.1) is 25.3 Å². The van der Waals surface area contributed by atoms with Crippen molar-refractivity contribution in [2.24, 2.45) is 0 Å². The molecule has 0 aliphatic carbocycles. The third kappa shape index (κ3) is 5.99. The predicted octanol–water partition coefficient (Wildman–Crippen LogP) is 3.89.